The molecule has 0 aromatic heterocycles. The average Bonchev–Trinajstić information content (AvgIpc) is 2.13. The number of sulfonamides is 1. The van der Waals surface area contributed by atoms with Crippen molar-refractivity contribution in [2.75, 3.05) is 13.1 Å². The van der Waals surface area contributed by atoms with E-state index in [4.69, 9.17) is 0 Å². The Labute approximate surface area is 101 Å². The molecular weight excluding hydrogens is 332 g/mol. The minimum Gasteiger partial charge on any atom is -0.207 e. The Morgan fingerprint density at radius 3 is 2.27 bits per heavy atom. The van der Waals surface area contributed by atoms with Crippen LogP contribution < -0.4 is 0 Å². The summed E-state index contributed by atoms with van der Waals surface area (Å²) in [5, 5.41) is 0. The van der Waals surface area contributed by atoms with E-state index in [-0.39, 0.29) is 4.90 Å². The topological polar surface area (TPSA) is 37.4 Å². The standard InChI is InChI=1S/C9H9FINO2S/c10-7-1-3-9(4-2-7)15(13,14)12-5-8(11)6-12/h1-4,8H,5-6H2. The van der Waals surface area contributed by atoms with Gasteiger partial charge in [0.15, 0.2) is 0 Å². The smallest absolute Gasteiger partial charge is 0.207 e. The second-order valence-corrected chi connectivity index (χ2v) is 7.07. The number of rotatable bonds is 2. The molecule has 0 unspecified atom stereocenters. The molecule has 15 heavy (non-hydrogen) atoms. The van der Waals surface area contributed by atoms with Gasteiger partial charge in [-0.3, -0.25) is 0 Å². The number of alkyl halides is 1. The Bertz CT molecular complexity index is 454. The quantitative estimate of drug-likeness (QED) is 0.606. The third-order valence-electron chi connectivity index (χ3n) is 2.25. The number of hydrogen-bond donors (Lipinski definition) is 0. The molecule has 2 rings (SSSR count). The van der Waals surface area contributed by atoms with Crippen LogP contribution >= 0.6 is 22.6 Å². The summed E-state index contributed by atoms with van der Waals surface area (Å²) in [4.78, 5) is 0.159. The van der Waals surface area contributed by atoms with Gasteiger partial charge in [-0.15, -0.1) is 0 Å². The first-order valence-electron chi connectivity index (χ1n) is 4.40. The normalized spacial score (nSPS) is 18.8. The molecule has 1 aromatic rings. The number of halogens is 2. The van der Waals surface area contributed by atoms with Gasteiger partial charge in [-0.2, -0.15) is 4.31 Å². The first kappa shape index (κ1) is 11.3. The molecular formula is C9H9FINO2S. The third kappa shape index (κ3) is 2.16. The SMILES string of the molecule is O=S(=O)(c1ccc(F)cc1)N1CC(I)C1. The molecule has 0 spiro atoms. The van der Waals surface area contributed by atoms with Crippen molar-refractivity contribution >= 4 is 32.6 Å². The van der Waals surface area contributed by atoms with Gasteiger partial charge in [-0.1, -0.05) is 22.6 Å². The van der Waals surface area contributed by atoms with Crippen molar-refractivity contribution in [1.82, 2.24) is 4.31 Å². The van der Waals surface area contributed by atoms with Crippen molar-refractivity contribution < 1.29 is 12.8 Å². The van der Waals surface area contributed by atoms with Gasteiger partial charge in [0.2, 0.25) is 10.0 Å². The lowest BCUT2D eigenvalue weighted by Gasteiger charge is -2.34. The summed E-state index contributed by atoms with van der Waals surface area (Å²) in [6.45, 7) is 1.08. The maximum absolute atomic E-state index is 12.6. The molecule has 82 valence electrons. The van der Waals surface area contributed by atoms with Crippen molar-refractivity contribution in [3.8, 4) is 0 Å². The molecule has 1 aliphatic heterocycles. The molecule has 6 heteroatoms. The van der Waals surface area contributed by atoms with Crippen molar-refractivity contribution in [2.24, 2.45) is 0 Å². The second-order valence-electron chi connectivity index (χ2n) is 3.37. The van der Waals surface area contributed by atoms with Crippen LogP contribution in [0, 0.1) is 5.82 Å². The van der Waals surface area contributed by atoms with Crippen LogP contribution in [0.1, 0.15) is 0 Å². The fourth-order valence-corrected chi connectivity index (χ4v) is 4.36. The van der Waals surface area contributed by atoms with Crippen molar-refractivity contribution in [3.63, 3.8) is 0 Å². The van der Waals surface area contributed by atoms with Crippen LogP contribution in [0.4, 0.5) is 4.39 Å². The fraction of sp³-hybridized carbons (Fsp3) is 0.333. The van der Waals surface area contributed by atoms with Crippen molar-refractivity contribution in [1.29, 1.82) is 0 Å². The van der Waals surface area contributed by atoms with E-state index in [1.807, 2.05) is 0 Å². The van der Waals surface area contributed by atoms with E-state index in [1.165, 1.54) is 16.4 Å². The Morgan fingerprint density at radius 1 is 1.27 bits per heavy atom. The highest BCUT2D eigenvalue weighted by Crippen LogP contribution is 2.25. The van der Waals surface area contributed by atoms with Gasteiger partial charge in [0.05, 0.1) is 4.90 Å². The summed E-state index contributed by atoms with van der Waals surface area (Å²) in [5.41, 5.74) is 0. The van der Waals surface area contributed by atoms with E-state index in [2.05, 4.69) is 22.6 Å². The molecule has 1 fully saturated rings. The molecule has 3 nitrogen and oxygen atoms in total. The van der Waals surface area contributed by atoms with Gasteiger partial charge in [-0.05, 0) is 24.3 Å². The van der Waals surface area contributed by atoms with Crippen LogP contribution in [0.15, 0.2) is 29.2 Å². The monoisotopic (exact) mass is 341 g/mol. The lowest BCUT2D eigenvalue weighted by atomic mass is 10.3. The average molecular weight is 341 g/mol. The van der Waals surface area contributed by atoms with E-state index in [0.717, 1.165) is 12.1 Å². The van der Waals surface area contributed by atoms with Crippen molar-refractivity contribution in [2.45, 2.75) is 8.82 Å². The lowest BCUT2D eigenvalue weighted by molar-refractivity contribution is 0.329. The highest BCUT2D eigenvalue weighted by molar-refractivity contribution is 14.1. The number of hydrogen-bond acceptors (Lipinski definition) is 2. The predicted molar refractivity (Wildman–Crippen MR) is 63.0 cm³/mol. The summed E-state index contributed by atoms with van der Waals surface area (Å²) in [6.07, 6.45) is 0. The maximum atomic E-state index is 12.6. The van der Waals surface area contributed by atoms with E-state index >= 15 is 0 Å². The Balaban J connectivity index is 2.26. The molecule has 1 aromatic carbocycles. The van der Waals surface area contributed by atoms with Gasteiger partial charge in [0, 0.05) is 17.0 Å². The molecule has 1 saturated heterocycles. The highest BCUT2D eigenvalue weighted by Gasteiger charge is 2.34. The first-order valence-corrected chi connectivity index (χ1v) is 7.08. The van der Waals surface area contributed by atoms with E-state index < -0.39 is 15.8 Å². The minimum absolute atomic E-state index is 0.159. The molecule has 0 atom stereocenters. The third-order valence-corrected chi connectivity index (χ3v) is 4.89. The van der Waals surface area contributed by atoms with Crippen molar-refractivity contribution in [3.05, 3.63) is 30.1 Å². The summed E-state index contributed by atoms with van der Waals surface area (Å²) >= 11 is 2.21. The highest BCUT2D eigenvalue weighted by atomic mass is 127. The molecule has 1 heterocycles. The van der Waals surface area contributed by atoms with Crippen LogP contribution in [-0.4, -0.2) is 29.7 Å². The zero-order valence-corrected chi connectivity index (χ0v) is 10.7. The molecule has 1 aliphatic rings. The Morgan fingerprint density at radius 2 is 1.80 bits per heavy atom. The fourth-order valence-electron chi connectivity index (χ4n) is 1.34. The molecule has 0 bridgehead atoms. The largest absolute Gasteiger partial charge is 0.243 e. The summed E-state index contributed by atoms with van der Waals surface area (Å²) in [5.74, 6) is -0.427. The van der Waals surface area contributed by atoms with Gasteiger partial charge >= 0.3 is 0 Å². The van der Waals surface area contributed by atoms with E-state index in [9.17, 15) is 12.8 Å². The summed E-state index contributed by atoms with van der Waals surface area (Å²) < 4.78 is 38.2. The maximum Gasteiger partial charge on any atom is 0.243 e. The summed E-state index contributed by atoms with van der Waals surface area (Å²) in [7, 11) is -3.39. The van der Waals surface area contributed by atoms with Crippen LogP contribution in [0.3, 0.4) is 0 Å². The van der Waals surface area contributed by atoms with E-state index in [0.29, 0.717) is 17.0 Å². The van der Waals surface area contributed by atoms with Gasteiger partial charge < -0.3 is 0 Å². The molecule has 0 saturated carbocycles. The summed E-state index contributed by atoms with van der Waals surface area (Å²) in [6, 6.07) is 4.92. The number of benzene rings is 1. The van der Waals surface area contributed by atoms with Gasteiger partial charge in [-0.25, -0.2) is 12.8 Å². The molecule has 0 aliphatic carbocycles. The number of nitrogens with zero attached hydrogens (tertiary/aromatic N) is 1. The van der Waals surface area contributed by atoms with Crippen LogP contribution in [-0.2, 0) is 10.0 Å². The van der Waals surface area contributed by atoms with E-state index in [1.54, 1.807) is 0 Å². The van der Waals surface area contributed by atoms with Gasteiger partial charge in [0.25, 0.3) is 0 Å². The lowest BCUT2D eigenvalue weighted by Crippen LogP contribution is -2.50. The zero-order chi connectivity index (χ0) is 11.1. The van der Waals surface area contributed by atoms with Crippen LogP contribution in [0.25, 0.3) is 0 Å². The molecule has 0 amide bonds. The molecule has 0 N–H and O–H groups in total. The Hall–Kier alpha value is -0.210. The predicted octanol–water partition coefficient (Wildman–Crippen LogP) is 1.63. The second kappa shape index (κ2) is 3.99. The van der Waals surface area contributed by atoms with Crippen LogP contribution in [0.5, 0.6) is 0 Å². The first-order chi connectivity index (χ1) is 7.00. The Kier molecular flexibility index (Phi) is 3.00. The van der Waals surface area contributed by atoms with Crippen LogP contribution in [0.2, 0.25) is 0 Å². The van der Waals surface area contributed by atoms with Gasteiger partial charge in [0.1, 0.15) is 5.82 Å². The minimum atomic E-state index is -3.39. The zero-order valence-electron chi connectivity index (χ0n) is 7.73. The molecule has 0 radical (unpaired) electrons.